The molecule has 0 saturated heterocycles. The summed E-state index contributed by atoms with van der Waals surface area (Å²) in [6.45, 7) is 8.03. The molecule has 0 unspecified atom stereocenters. The van der Waals surface area contributed by atoms with Gasteiger partial charge in [0.25, 0.3) is 0 Å². The second-order valence-electron chi connectivity index (χ2n) is 3.73. The van der Waals surface area contributed by atoms with Crippen molar-refractivity contribution in [3.8, 4) is 0 Å². The lowest BCUT2D eigenvalue weighted by atomic mass is 10.4. The normalized spacial score (nSPS) is 10.3. The van der Waals surface area contributed by atoms with E-state index in [-0.39, 0.29) is 0 Å². The predicted molar refractivity (Wildman–Crippen MR) is 77.0 cm³/mol. The number of hydrogen-bond acceptors (Lipinski definition) is 5. The van der Waals surface area contributed by atoms with Gasteiger partial charge in [-0.1, -0.05) is 6.92 Å². The maximum absolute atomic E-state index is 4.40. The van der Waals surface area contributed by atoms with Crippen molar-refractivity contribution in [3.05, 3.63) is 11.8 Å². The fourth-order valence-corrected chi connectivity index (χ4v) is 2.07. The van der Waals surface area contributed by atoms with Crippen molar-refractivity contribution in [1.29, 1.82) is 0 Å². The Hall–Kier alpha value is -0.970. The molecular weight excluding hydrogens is 232 g/mol. The van der Waals surface area contributed by atoms with Gasteiger partial charge in [-0.15, -0.1) is 0 Å². The van der Waals surface area contributed by atoms with E-state index in [0.717, 1.165) is 31.0 Å². The highest BCUT2D eigenvalue weighted by molar-refractivity contribution is 7.99. The molecule has 4 nitrogen and oxygen atoms in total. The Bertz CT molecular complexity index is 330. The zero-order valence-electron chi connectivity index (χ0n) is 10.9. The number of nitrogens with zero attached hydrogens (tertiary/aromatic N) is 2. The monoisotopic (exact) mass is 254 g/mol. The smallest absolute Gasteiger partial charge is 0.224 e. The van der Waals surface area contributed by atoms with Gasteiger partial charge in [0.05, 0.1) is 0 Å². The predicted octanol–water partition coefficient (Wildman–Crippen LogP) is 2.77. The summed E-state index contributed by atoms with van der Waals surface area (Å²) in [7, 11) is 0. The fraction of sp³-hybridized carbons (Fsp3) is 0.667. The Morgan fingerprint density at radius 3 is 2.76 bits per heavy atom. The molecule has 1 rings (SSSR count). The molecule has 0 aliphatic carbocycles. The molecule has 0 radical (unpaired) electrons. The molecule has 5 heteroatoms. The molecule has 96 valence electrons. The highest BCUT2D eigenvalue weighted by Gasteiger charge is 2.00. The first-order valence-corrected chi connectivity index (χ1v) is 7.33. The minimum Gasteiger partial charge on any atom is -0.370 e. The second-order valence-corrected chi connectivity index (χ2v) is 5.12. The van der Waals surface area contributed by atoms with Gasteiger partial charge in [0.1, 0.15) is 5.82 Å². The van der Waals surface area contributed by atoms with Crippen LogP contribution in [-0.4, -0.2) is 34.6 Å². The SMILES string of the molecule is CCNc1nc(C)cc(NCCCSCC)n1. The molecule has 0 aliphatic heterocycles. The van der Waals surface area contributed by atoms with Crippen molar-refractivity contribution in [2.75, 3.05) is 35.2 Å². The van der Waals surface area contributed by atoms with E-state index in [1.807, 2.05) is 31.7 Å². The quantitative estimate of drug-likeness (QED) is 0.699. The van der Waals surface area contributed by atoms with Gasteiger partial charge < -0.3 is 10.6 Å². The molecule has 0 atom stereocenters. The van der Waals surface area contributed by atoms with Crippen LogP contribution in [0.3, 0.4) is 0 Å². The first kappa shape index (κ1) is 14.1. The number of hydrogen-bond donors (Lipinski definition) is 2. The van der Waals surface area contributed by atoms with Crippen LogP contribution in [0.2, 0.25) is 0 Å². The minimum absolute atomic E-state index is 0.706. The van der Waals surface area contributed by atoms with E-state index in [1.165, 1.54) is 11.5 Å². The van der Waals surface area contributed by atoms with Gasteiger partial charge in [-0.05, 0) is 31.8 Å². The van der Waals surface area contributed by atoms with Crippen LogP contribution in [0.15, 0.2) is 6.07 Å². The van der Waals surface area contributed by atoms with Gasteiger partial charge in [0, 0.05) is 24.8 Å². The molecule has 0 fully saturated rings. The first-order chi connectivity index (χ1) is 8.26. The number of nitrogens with one attached hydrogen (secondary N) is 2. The molecule has 0 amide bonds. The van der Waals surface area contributed by atoms with Crippen LogP contribution in [0, 0.1) is 6.92 Å². The Kier molecular flexibility index (Phi) is 6.77. The number of anilines is 2. The Balaban J connectivity index is 2.41. The van der Waals surface area contributed by atoms with E-state index in [4.69, 9.17) is 0 Å². The maximum Gasteiger partial charge on any atom is 0.224 e. The van der Waals surface area contributed by atoms with Crippen molar-refractivity contribution in [2.24, 2.45) is 0 Å². The second kappa shape index (κ2) is 8.17. The molecule has 0 spiro atoms. The summed E-state index contributed by atoms with van der Waals surface area (Å²) in [4.78, 5) is 8.72. The van der Waals surface area contributed by atoms with Gasteiger partial charge >= 0.3 is 0 Å². The molecule has 2 N–H and O–H groups in total. The average Bonchev–Trinajstić information content (AvgIpc) is 2.28. The molecule has 1 aromatic rings. The summed E-state index contributed by atoms with van der Waals surface area (Å²) in [5.41, 5.74) is 0.987. The Morgan fingerprint density at radius 2 is 2.06 bits per heavy atom. The van der Waals surface area contributed by atoms with E-state index >= 15 is 0 Å². The van der Waals surface area contributed by atoms with Crippen LogP contribution in [0.25, 0.3) is 0 Å². The number of thioether (sulfide) groups is 1. The third-order valence-corrected chi connectivity index (χ3v) is 3.15. The summed E-state index contributed by atoms with van der Waals surface area (Å²) < 4.78 is 0. The van der Waals surface area contributed by atoms with Gasteiger partial charge in [-0.25, -0.2) is 4.98 Å². The van der Waals surface area contributed by atoms with Crippen molar-refractivity contribution in [3.63, 3.8) is 0 Å². The molecular formula is C12H22N4S. The van der Waals surface area contributed by atoms with Gasteiger partial charge in [0.2, 0.25) is 5.95 Å². The van der Waals surface area contributed by atoms with Crippen molar-refractivity contribution < 1.29 is 0 Å². The van der Waals surface area contributed by atoms with Crippen LogP contribution >= 0.6 is 11.8 Å². The molecule has 0 aromatic carbocycles. The number of aryl methyl sites for hydroxylation is 1. The van der Waals surface area contributed by atoms with E-state index in [0.29, 0.717) is 5.95 Å². The van der Waals surface area contributed by atoms with Crippen LogP contribution in [0.5, 0.6) is 0 Å². The van der Waals surface area contributed by atoms with Crippen LogP contribution in [-0.2, 0) is 0 Å². The third-order valence-electron chi connectivity index (χ3n) is 2.16. The number of aromatic nitrogens is 2. The van der Waals surface area contributed by atoms with E-state index in [1.54, 1.807) is 0 Å². The molecule has 0 saturated carbocycles. The zero-order chi connectivity index (χ0) is 12.5. The van der Waals surface area contributed by atoms with E-state index in [9.17, 15) is 0 Å². The lowest BCUT2D eigenvalue weighted by Crippen LogP contribution is -2.08. The van der Waals surface area contributed by atoms with Gasteiger partial charge in [0.15, 0.2) is 0 Å². The van der Waals surface area contributed by atoms with Crippen LogP contribution in [0.1, 0.15) is 26.0 Å². The maximum atomic E-state index is 4.40. The van der Waals surface area contributed by atoms with Gasteiger partial charge in [-0.2, -0.15) is 16.7 Å². The van der Waals surface area contributed by atoms with Crippen molar-refractivity contribution in [1.82, 2.24) is 9.97 Å². The lowest BCUT2D eigenvalue weighted by molar-refractivity contribution is 0.967. The first-order valence-electron chi connectivity index (χ1n) is 6.17. The average molecular weight is 254 g/mol. The number of rotatable bonds is 8. The van der Waals surface area contributed by atoms with Crippen molar-refractivity contribution >= 4 is 23.5 Å². The highest BCUT2D eigenvalue weighted by Crippen LogP contribution is 2.09. The van der Waals surface area contributed by atoms with Crippen molar-refractivity contribution in [2.45, 2.75) is 27.2 Å². The summed E-state index contributed by atoms with van der Waals surface area (Å²) in [6, 6.07) is 1.98. The van der Waals surface area contributed by atoms with E-state index < -0.39 is 0 Å². The summed E-state index contributed by atoms with van der Waals surface area (Å²) in [6.07, 6.45) is 1.16. The molecule has 1 aromatic heterocycles. The molecule has 17 heavy (non-hydrogen) atoms. The summed E-state index contributed by atoms with van der Waals surface area (Å²) >= 11 is 1.97. The topological polar surface area (TPSA) is 49.8 Å². The highest BCUT2D eigenvalue weighted by atomic mass is 32.2. The minimum atomic E-state index is 0.706. The summed E-state index contributed by atoms with van der Waals surface area (Å²) in [5, 5.41) is 6.47. The largest absolute Gasteiger partial charge is 0.370 e. The van der Waals surface area contributed by atoms with Crippen LogP contribution < -0.4 is 10.6 Å². The standard InChI is InChI=1S/C12H22N4S/c1-4-13-12-15-10(3)9-11(16-12)14-7-6-8-17-5-2/h9H,4-8H2,1-3H3,(H2,13,14,15,16). The fourth-order valence-electron chi connectivity index (χ4n) is 1.43. The molecule has 0 bridgehead atoms. The molecule has 1 heterocycles. The third kappa shape index (κ3) is 5.77. The lowest BCUT2D eigenvalue weighted by Gasteiger charge is -2.08. The zero-order valence-corrected chi connectivity index (χ0v) is 11.7. The Morgan fingerprint density at radius 1 is 1.24 bits per heavy atom. The Labute approximate surface area is 108 Å². The van der Waals surface area contributed by atoms with Crippen LogP contribution in [0.4, 0.5) is 11.8 Å². The van der Waals surface area contributed by atoms with Gasteiger partial charge in [-0.3, -0.25) is 0 Å². The molecule has 0 aliphatic rings. The summed E-state index contributed by atoms with van der Waals surface area (Å²) in [5.74, 6) is 4.01. The van der Waals surface area contributed by atoms with E-state index in [2.05, 4.69) is 27.5 Å².